The summed E-state index contributed by atoms with van der Waals surface area (Å²) in [5, 5.41) is 3.54. The first-order valence-corrected chi connectivity index (χ1v) is 7.44. The molecule has 1 saturated heterocycles. The van der Waals surface area contributed by atoms with Crippen molar-refractivity contribution in [2.45, 2.75) is 12.6 Å². The summed E-state index contributed by atoms with van der Waals surface area (Å²) in [5.41, 5.74) is 1.15. The Morgan fingerprint density at radius 2 is 2.14 bits per heavy atom. The molecule has 1 aliphatic heterocycles. The Morgan fingerprint density at radius 3 is 2.95 bits per heavy atom. The first-order chi connectivity index (χ1) is 10.2. The smallest absolute Gasteiger partial charge is 0.148 e. The van der Waals surface area contributed by atoms with Gasteiger partial charge >= 0.3 is 0 Å². The van der Waals surface area contributed by atoms with Gasteiger partial charge in [-0.25, -0.2) is 0 Å². The lowest BCUT2D eigenvalue weighted by molar-refractivity contribution is 0.113. The van der Waals surface area contributed by atoms with Crippen LogP contribution in [0, 0.1) is 12.3 Å². The molecule has 4 heteroatoms. The monoisotopic (exact) mass is 287 g/mol. The topological polar surface area (TPSA) is 27.7 Å². The molecule has 1 aromatic rings. The van der Waals surface area contributed by atoms with Crippen molar-refractivity contribution in [3.8, 4) is 18.1 Å². The molecule has 1 unspecified atom stereocenters. The number of rotatable bonds is 6. The van der Waals surface area contributed by atoms with Crippen LogP contribution < -0.4 is 10.1 Å². The minimum Gasteiger partial charge on any atom is -0.481 e. The van der Waals surface area contributed by atoms with Crippen molar-refractivity contribution in [2.75, 3.05) is 46.9 Å². The van der Waals surface area contributed by atoms with E-state index in [1.807, 2.05) is 18.2 Å². The van der Waals surface area contributed by atoms with Crippen LogP contribution in [0.4, 0.5) is 0 Å². The molecule has 0 bridgehead atoms. The molecule has 0 saturated carbocycles. The molecule has 1 atom stereocenters. The van der Waals surface area contributed by atoms with Crippen molar-refractivity contribution >= 4 is 0 Å². The molecule has 1 N–H and O–H groups in total. The Balaban J connectivity index is 1.84. The van der Waals surface area contributed by atoms with Crippen LogP contribution in [0.3, 0.4) is 0 Å². The van der Waals surface area contributed by atoms with Crippen molar-refractivity contribution in [1.82, 2.24) is 15.1 Å². The van der Waals surface area contributed by atoms with Crippen molar-refractivity contribution in [1.29, 1.82) is 0 Å². The maximum Gasteiger partial charge on any atom is 0.148 e. The number of para-hydroxylation sites is 1. The van der Waals surface area contributed by atoms with Gasteiger partial charge in [0.25, 0.3) is 0 Å². The molecule has 1 aromatic carbocycles. The minimum atomic E-state index is 0.313. The molecule has 0 aliphatic carbocycles. The van der Waals surface area contributed by atoms with Gasteiger partial charge in [-0.15, -0.1) is 6.42 Å². The third-order valence-electron chi connectivity index (χ3n) is 3.96. The first kappa shape index (κ1) is 15.8. The number of terminal acetylenes is 1. The molecular formula is C17H25N3O. The summed E-state index contributed by atoms with van der Waals surface area (Å²) in [6, 6.07) is 8.60. The minimum absolute atomic E-state index is 0.313. The van der Waals surface area contributed by atoms with Gasteiger partial charge in [-0.3, -0.25) is 4.90 Å². The summed E-state index contributed by atoms with van der Waals surface area (Å²) in [5.74, 6) is 3.38. The van der Waals surface area contributed by atoms with E-state index in [1.54, 1.807) is 0 Å². The fourth-order valence-electron chi connectivity index (χ4n) is 2.61. The summed E-state index contributed by atoms with van der Waals surface area (Å²) in [6.45, 7) is 5.48. The van der Waals surface area contributed by atoms with Crippen molar-refractivity contribution in [3.05, 3.63) is 29.8 Å². The van der Waals surface area contributed by atoms with Crippen LogP contribution in [0.5, 0.6) is 5.75 Å². The summed E-state index contributed by atoms with van der Waals surface area (Å²) in [6.07, 6.45) is 5.25. The number of nitrogens with one attached hydrogen (secondary N) is 1. The Morgan fingerprint density at radius 1 is 1.33 bits per heavy atom. The average Bonchev–Trinajstić information content (AvgIpc) is 2.50. The average molecular weight is 287 g/mol. The summed E-state index contributed by atoms with van der Waals surface area (Å²) >= 11 is 0. The SMILES string of the molecule is C#CCOc1ccccc1CNCC1CN(C)CCN1C. The molecular weight excluding hydrogens is 262 g/mol. The molecule has 114 valence electrons. The predicted molar refractivity (Wildman–Crippen MR) is 86.4 cm³/mol. The second kappa shape index (κ2) is 8.04. The number of benzene rings is 1. The number of nitrogens with zero attached hydrogens (tertiary/aromatic N) is 2. The van der Waals surface area contributed by atoms with Gasteiger partial charge < -0.3 is 15.0 Å². The number of ether oxygens (including phenoxy) is 1. The summed E-state index contributed by atoms with van der Waals surface area (Å²) < 4.78 is 5.57. The van der Waals surface area contributed by atoms with Gasteiger partial charge in [0, 0.05) is 44.3 Å². The van der Waals surface area contributed by atoms with Gasteiger partial charge in [0.1, 0.15) is 12.4 Å². The molecule has 0 spiro atoms. The Bertz CT molecular complexity index is 483. The van der Waals surface area contributed by atoms with Gasteiger partial charge in [0.05, 0.1) is 0 Å². The third-order valence-corrected chi connectivity index (χ3v) is 3.96. The molecule has 21 heavy (non-hydrogen) atoms. The van der Waals surface area contributed by atoms with Gasteiger partial charge in [-0.1, -0.05) is 24.1 Å². The van der Waals surface area contributed by atoms with Crippen LogP contribution in [0.25, 0.3) is 0 Å². The molecule has 0 amide bonds. The van der Waals surface area contributed by atoms with E-state index in [9.17, 15) is 0 Å². The van der Waals surface area contributed by atoms with Crippen LogP contribution in [-0.2, 0) is 6.54 Å². The van der Waals surface area contributed by atoms with Crippen molar-refractivity contribution in [3.63, 3.8) is 0 Å². The van der Waals surface area contributed by atoms with E-state index in [2.05, 4.69) is 41.2 Å². The maximum atomic E-state index is 5.57. The zero-order valence-electron chi connectivity index (χ0n) is 13.0. The Hall–Kier alpha value is -1.54. The van der Waals surface area contributed by atoms with E-state index < -0.39 is 0 Å². The molecule has 1 fully saturated rings. The normalized spacial score (nSPS) is 20.1. The molecule has 0 aromatic heterocycles. The van der Waals surface area contributed by atoms with E-state index in [1.165, 1.54) is 0 Å². The van der Waals surface area contributed by atoms with Crippen LogP contribution >= 0.6 is 0 Å². The zero-order valence-corrected chi connectivity index (χ0v) is 13.0. The summed E-state index contributed by atoms with van der Waals surface area (Å²) in [7, 11) is 4.38. The fraction of sp³-hybridized carbons (Fsp3) is 0.529. The van der Waals surface area contributed by atoms with Crippen LogP contribution in [0.15, 0.2) is 24.3 Å². The molecule has 1 aliphatic rings. The third kappa shape index (κ3) is 4.75. The highest BCUT2D eigenvalue weighted by atomic mass is 16.5. The second-order valence-electron chi connectivity index (χ2n) is 5.63. The van der Waals surface area contributed by atoms with E-state index in [-0.39, 0.29) is 0 Å². The lowest BCUT2D eigenvalue weighted by Gasteiger charge is -2.37. The number of hydrogen-bond acceptors (Lipinski definition) is 4. The van der Waals surface area contributed by atoms with Crippen molar-refractivity contribution in [2.24, 2.45) is 0 Å². The Kier molecular flexibility index (Phi) is 6.06. The van der Waals surface area contributed by atoms with E-state index in [0.717, 1.165) is 44.0 Å². The molecule has 0 radical (unpaired) electrons. The van der Waals surface area contributed by atoms with Crippen LogP contribution in [0.1, 0.15) is 5.56 Å². The number of hydrogen-bond donors (Lipinski definition) is 1. The predicted octanol–water partition coefficient (Wildman–Crippen LogP) is 1.03. The lowest BCUT2D eigenvalue weighted by atomic mass is 10.1. The van der Waals surface area contributed by atoms with Crippen molar-refractivity contribution < 1.29 is 4.74 Å². The second-order valence-corrected chi connectivity index (χ2v) is 5.63. The van der Waals surface area contributed by atoms with E-state index in [0.29, 0.717) is 12.6 Å². The first-order valence-electron chi connectivity index (χ1n) is 7.44. The maximum absolute atomic E-state index is 5.57. The summed E-state index contributed by atoms with van der Waals surface area (Å²) in [4.78, 5) is 4.81. The molecule has 4 nitrogen and oxygen atoms in total. The fourth-order valence-corrected chi connectivity index (χ4v) is 2.61. The van der Waals surface area contributed by atoms with Gasteiger partial charge in [0.2, 0.25) is 0 Å². The van der Waals surface area contributed by atoms with Gasteiger partial charge in [-0.2, -0.15) is 0 Å². The van der Waals surface area contributed by atoms with Gasteiger partial charge in [0.15, 0.2) is 0 Å². The standard InChI is InChI=1S/C17H25N3O/c1-4-11-21-17-8-6-5-7-15(17)12-18-13-16-14-19(2)9-10-20(16)3/h1,5-8,16,18H,9-14H2,2-3H3. The highest BCUT2D eigenvalue weighted by molar-refractivity contribution is 5.33. The molecule has 2 rings (SSSR count). The number of likely N-dealkylation sites (N-methyl/N-ethyl adjacent to an activating group) is 2. The Labute approximate surface area is 128 Å². The molecule has 1 heterocycles. The highest BCUT2D eigenvalue weighted by Gasteiger charge is 2.21. The van der Waals surface area contributed by atoms with Gasteiger partial charge in [-0.05, 0) is 20.2 Å². The quantitative estimate of drug-likeness (QED) is 0.791. The van der Waals surface area contributed by atoms with Crippen LogP contribution in [-0.4, -0.2) is 62.7 Å². The van der Waals surface area contributed by atoms with E-state index >= 15 is 0 Å². The largest absolute Gasteiger partial charge is 0.481 e. The lowest BCUT2D eigenvalue weighted by Crippen LogP contribution is -2.53. The number of piperazine rings is 1. The zero-order chi connectivity index (χ0) is 15.1. The highest BCUT2D eigenvalue weighted by Crippen LogP contribution is 2.17. The van der Waals surface area contributed by atoms with E-state index in [4.69, 9.17) is 11.2 Å². The van der Waals surface area contributed by atoms with Crippen LogP contribution in [0.2, 0.25) is 0 Å².